The maximum Gasteiger partial charge on any atom is 0.332 e. The molecule has 3 aromatic carbocycles. The highest BCUT2D eigenvalue weighted by Crippen LogP contribution is 2.42. The fourth-order valence-electron chi connectivity index (χ4n) is 4.19. The molecule has 0 radical (unpaired) electrons. The predicted molar refractivity (Wildman–Crippen MR) is 133 cm³/mol. The minimum atomic E-state index is -1.20. The van der Waals surface area contributed by atoms with Crippen molar-refractivity contribution in [2.75, 3.05) is 21.0 Å². The molecule has 184 valence electrons. The van der Waals surface area contributed by atoms with E-state index in [1.165, 1.54) is 20.5 Å². The summed E-state index contributed by atoms with van der Waals surface area (Å²) in [6.45, 7) is -0.0356. The van der Waals surface area contributed by atoms with E-state index in [0.29, 0.717) is 28.4 Å². The second-order valence-electron chi connectivity index (χ2n) is 8.04. The van der Waals surface area contributed by atoms with Crippen LogP contribution in [0.4, 0.5) is 0 Å². The number of allylic oxidation sites excluding steroid dienone is 1. The number of para-hydroxylation sites is 1. The summed E-state index contributed by atoms with van der Waals surface area (Å²) in [7, 11) is 3.05. The monoisotopic (exact) mass is 486 g/mol. The fraction of sp³-hybridized carbons (Fsp3) is 0.172. The molecule has 1 atom stereocenters. The number of hydrogen-bond acceptors (Lipinski definition) is 6. The first-order chi connectivity index (χ1) is 17.5. The van der Waals surface area contributed by atoms with Gasteiger partial charge < -0.3 is 24.1 Å². The average molecular weight is 487 g/mol. The van der Waals surface area contributed by atoms with Crippen LogP contribution in [0, 0.1) is 0 Å². The fourth-order valence-corrected chi connectivity index (χ4v) is 4.19. The Morgan fingerprint density at radius 1 is 0.917 bits per heavy atom. The maximum absolute atomic E-state index is 14.1. The van der Waals surface area contributed by atoms with Crippen LogP contribution in [0.15, 0.2) is 102 Å². The molecule has 7 heteroatoms. The summed E-state index contributed by atoms with van der Waals surface area (Å²) in [6.07, 6.45) is 1.45. The van der Waals surface area contributed by atoms with Crippen molar-refractivity contribution in [1.29, 1.82) is 0 Å². The summed E-state index contributed by atoms with van der Waals surface area (Å²) < 4.78 is 21.9. The van der Waals surface area contributed by atoms with E-state index < -0.39 is 17.7 Å². The first kappa shape index (κ1) is 24.6. The van der Waals surface area contributed by atoms with Gasteiger partial charge in [-0.1, -0.05) is 48.5 Å². The third-order valence-corrected chi connectivity index (χ3v) is 5.92. The lowest BCUT2D eigenvalue weighted by Crippen LogP contribution is -2.22. The van der Waals surface area contributed by atoms with Crippen molar-refractivity contribution < 1.29 is 33.6 Å². The van der Waals surface area contributed by atoms with E-state index >= 15 is 0 Å². The molecule has 1 heterocycles. The Morgan fingerprint density at radius 2 is 1.61 bits per heavy atom. The quantitative estimate of drug-likeness (QED) is 0.313. The summed E-state index contributed by atoms with van der Waals surface area (Å²) in [5.74, 6) is -1.13. The van der Waals surface area contributed by atoms with Crippen LogP contribution in [0.25, 0.3) is 0 Å². The SMILES string of the molecule is COc1ccc(C(=O)C(=C(Cc2ccccc2)C(=O)O)C(C2=COCO2)c2ccccc2OC)cc1. The molecule has 0 spiro atoms. The smallest absolute Gasteiger partial charge is 0.332 e. The summed E-state index contributed by atoms with van der Waals surface area (Å²) in [5.41, 5.74) is 1.68. The Bertz CT molecular complexity index is 1290. The molecule has 7 nitrogen and oxygen atoms in total. The van der Waals surface area contributed by atoms with Crippen LogP contribution in [-0.2, 0) is 20.7 Å². The van der Waals surface area contributed by atoms with Gasteiger partial charge in [0.05, 0.1) is 20.1 Å². The molecule has 4 rings (SSSR count). The lowest BCUT2D eigenvalue weighted by molar-refractivity contribution is -0.132. The molecule has 1 aliphatic rings. The summed E-state index contributed by atoms with van der Waals surface area (Å²) in [5, 5.41) is 10.4. The molecule has 1 unspecified atom stereocenters. The molecular weight excluding hydrogens is 460 g/mol. The number of ether oxygens (including phenoxy) is 4. The Balaban J connectivity index is 1.98. The molecule has 0 bridgehead atoms. The van der Waals surface area contributed by atoms with E-state index in [9.17, 15) is 14.7 Å². The molecule has 36 heavy (non-hydrogen) atoms. The van der Waals surface area contributed by atoms with E-state index in [2.05, 4.69) is 0 Å². The molecule has 1 aliphatic heterocycles. The summed E-state index contributed by atoms with van der Waals surface area (Å²) >= 11 is 0. The Kier molecular flexibility index (Phi) is 7.70. The van der Waals surface area contributed by atoms with Crippen LogP contribution in [0.2, 0.25) is 0 Å². The van der Waals surface area contributed by atoms with Crippen LogP contribution >= 0.6 is 0 Å². The molecular formula is C29H26O7. The number of aliphatic carboxylic acids is 1. The van der Waals surface area contributed by atoms with Gasteiger partial charge in [0.2, 0.25) is 6.79 Å². The number of carboxylic acid groups (broad SMARTS) is 1. The molecule has 0 amide bonds. The maximum atomic E-state index is 14.1. The number of ketones is 1. The van der Waals surface area contributed by atoms with Gasteiger partial charge in [0, 0.05) is 28.7 Å². The molecule has 0 saturated carbocycles. The molecule has 1 N–H and O–H groups in total. The van der Waals surface area contributed by atoms with Gasteiger partial charge in [-0.3, -0.25) is 4.79 Å². The number of Topliss-reactive ketones (excluding diaryl/α,β-unsaturated/α-hetero) is 1. The third-order valence-electron chi connectivity index (χ3n) is 5.92. The van der Waals surface area contributed by atoms with E-state index in [-0.39, 0.29) is 24.4 Å². The first-order valence-electron chi connectivity index (χ1n) is 11.3. The molecule has 0 aliphatic carbocycles. The van der Waals surface area contributed by atoms with Crippen LogP contribution in [-0.4, -0.2) is 37.9 Å². The Morgan fingerprint density at radius 3 is 2.22 bits per heavy atom. The topological polar surface area (TPSA) is 91.3 Å². The van der Waals surface area contributed by atoms with E-state index in [1.807, 2.05) is 30.3 Å². The third kappa shape index (κ3) is 5.25. The van der Waals surface area contributed by atoms with Crippen molar-refractivity contribution in [2.45, 2.75) is 12.3 Å². The van der Waals surface area contributed by atoms with Gasteiger partial charge in [0.1, 0.15) is 23.5 Å². The van der Waals surface area contributed by atoms with Crippen LogP contribution in [0.1, 0.15) is 27.4 Å². The predicted octanol–water partition coefficient (Wildman–Crippen LogP) is 5.14. The minimum absolute atomic E-state index is 0.0349. The van der Waals surface area contributed by atoms with Gasteiger partial charge in [0.15, 0.2) is 5.78 Å². The zero-order chi connectivity index (χ0) is 25.5. The summed E-state index contributed by atoms with van der Waals surface area (Å²) in [4.78, 5) is 26.9. The number of rotatable bonds is 10. The standard InChI is InChI=1S/C29H26O7/c1-33-21-14-12-20(13-15-21)28(30)27(23(29(31)32)16-19-8-4-3-5-9-19)26(25-17-35-18-36-25)22-10-6-7-11-24(22)34-2/h3-15,17,26H,16,18H2,1-2H3,(H,31,32). The highest BCUT2D eigenvalue weighted by molar-refractivity contribution is 6.14. The van der Waals surface area contributed by atoms with Gasteiger partial charge >= 0.3 is 5.97 Å². The molecule has 0 saturated heterocycles. The van der Waals surface area contributed by atoms with Gasteiger partial charge in [-0.2, -0.15) is 0 Å². The van der Waals surface area contributed by atoms with Crippen molar-refractivity contribution in [1.82, 2.24) is 0 Å². The van der Waals surface area contributed by atoms with Crippen molar-refractivity contribution in [3.05, 3.63) is 119 Å². The molecule has 0 fully saturated rings. The van der Waals surface area contributed by atoms with E-state index in [1.54, 1.807) is 48.5 Å². The van der Waals surface area contributed by atoms with Gasteiger partial charge in [-0.05, 0) is 35.9 Å². The lowest BCUT2D eigenvalue weighted by Gasteiger charge is -2.24. The Hall–Kier alpha value is -4.52. The van der Waals surface area contributed by atoms with Gasteiger partial charge in [-0.25, -0.2) is 4.79 Å². The number of hydrogen-bond donors (Lipinski definition) is 1. The second-order valence-corrected chi connectivity index (χ2v) is 8.04. The number of carboxylic acids is 1. The van der Waals surface area contributed by atoms with Crippen LogP contribution < -0.4 is 9.47 Å². The number of carbonyl (C=O) groups excluding carboxylic acids is 1. The zero-order valence-electron chi connectivity index (χ0n) is 20.0. The highest BCUT2D eigenvalue weighted by Gasteiger charge is 2.36. The van der Waals surface area contributed by atoms with Crippen molar-refractivity contribution in [2.24, 2.45) is 0 Å². The van der Waals surface area contributed by atoms with Gasteiger partial charge in [-0.15, -0.1) is 0 Å². The van der Waals surface area contributed by atoms with Crippen molar-refractivity contribution >= 4 is 11.8 Å². The normalized spacial score (nSPS) is 14.0. The second kappa shape index (κ2) is 11.3. The average Bonchev–Trinajstić information content (AvgIpc) is 3.45. The number of carbonyl (C=O) groups is 2. The van der Waals surface area contributed by atoms with Crippen LogP contribution in [0.3, 0.4) is 0 Å². The van der Waals surface area contributed by atoms with Gasteiger partial charge in [0.25, 0.3) is 0 Å². The first-order valence-corrected chi connectivity index (χ1v) is 11.3. The number of benzene rings is 3. The van der Waals surface area contributed by atoms with Crippen molar-refractivity contribution in [3.63, 3.8) is 0 Å². The minimum Gasteiger partial charge on any atom is -0.497 e. The Labute approximate surface area is 209 Å². The largest absolute Gasteiger partial charge is 0.497 e. The summed E-state index contributed by atoms with van der Waals surface area (Å²) in [6, 6.07) is 22.8. The van der Waals surface area contributed by atoms with Crippen molar-refractivity contribution in [3.8, 4) is 11.5 Å². The highest BCUT2D eigenvalue weighted by atomic mass is 16.7. The zero-order valence-corrected chi connectivity index (χ0v) is 20.0. The van der Waals surface area contributed by atoms with E-state index in [4.69, 9.17) is 18.9 Å². The number of methoxy groups -OCH3 is 2. The molecule has 0 aromatic heterocycles. The molecule has 3 aromatic rings. The lowest BCUT2D eigenvalue weighted by atomic mass is 9.80. The van der Waals surface area contributed by atoms with E-state index in [0.717, 1.165) is 5.56 Å². The van der Waals surface area contributed by atoms with Crippen LogP contribution in [0.5, 0.6) is 11.5 Å².